The smallest absolute Gasteiger partial charge is 0.503 e. The molecule has 0 spiro atoms. The molecule has 336 valence electrons. The van der Waals surface area contributed by atoms with Gasteiger partial charge in [0.05, 0.1) is 6.33 Å². The first-order chi connectivity index (χ1) is 30.7. The van der Waals surface area contributed by atoms with E-state index in [-0.39, 0.29) is 42.7 Å². The number of rotatable bonds is 7. The van der Waals surface area contributed by atoms with Crippen LogP contribution < -0.4 is 4.74 Å². The van der Waals surface area contributed by atoms with Crippen LogP contribution >= 0.6 is 0 Å². The van der Waals surface area contributed by atoms with E-state index >= 15 is 0 Å². The molecule has 6 heteroatoms. The van der Waals surface area contributed by atoms with Gasteiger partial charge in [0.1, 0.15) is 5.82 Å². The van der Waals surface area contributed by atoms with Crippen LogP contribution in [0, 0.1) is 12.1 Å². The maximum atomic E-state index is 6.91. The van der Waals surface area contributed by atoms with Gasteiger partial charge in [-0.1, -0.05) is 173 Å². The van der Waals surface area contributed by atoms with Crippen LogP contribution in [-0.4, -0.2) is 19.1 Å². The molecule has 6 aromatic carbocycles. The Morgan fingerprint density at radius 3 is 1.95 bits per heavy atom. The van der Waals surface area contributed by atoms with Crippen molar-refractivity contribution in [1.29, 1.82) is 0 Å². The third-order valence-electron chi connectivity index (χ3n) is 12.5. The van der Waals surface area contributed by atoms with Crippen molar-refractivity contribution >= 4 is 21.8 Å². The molecule has 3 heterocycles. The molecule has 9 rings (SSSR count). The summed E-state index contributed by atoms with van der Waals surface area (Å²) in [5.41, 5.74) is 14.1. The van der Waals surface area contributed by atoms with E-state index in [1.807, 2.05) is 18.6 Å². The predicted molar refractivity (Wildman–Crippen MR) is 271 cm³/mol. The van der Waals surface area contributed by atoms with Gasteiger partial charge in [-0.25, -0.2) is 4.98 Å². The van der Waals surface area contributed by atoms with Crippen molar-refractivity contribution in [2.75, 3.05) is 0 Å². The van der Waals surface area contributed by atoms with Gasteiger partial charge in [0.15, 0.2) is 0 Å². The third-order valence-corrected chi connectivity index (χ3v) is 12.5. The Kier molecular flexibility index (Phi) is 12.2. The molecule has 5 nitrogen and oxygen atoms in total. The normalized spacial score (nSPS) is 12.4. The summed E-state index contributed by atoms with van der Waals surface area (Å²) in [6.45, 7) is 27.1. The van der Waals surface area contributed by atoms with Crippen LogP contribution in [0.5, 0.6) is 11.5 Å². The minimum absolute atomic E-state index is 0. The zero-order valence-corrected chi connectivity index (χ0v) is 42.6. The van der Waals surface area contributed by atoms with Gasteiger partial charge in [-0.2, -0.15) is 6.07 Å². The molecule has 0 bridgehead atoms. The number of benzene rings is 6. The largest absolute Gasteiger partial charge is 2.00 e. The minimum Gasteiger partial charge on any atom is -0.503 e. The van der Waals surface area contributed by atoms with Gasteiger partial charge in [0, 0.05) is 34.6 Å². The first-order valence-electron chi connectivity index (χ1n) is 22.8. The molecule has 0 saturated heterocycles. The van der Waals surface area contributed by atoms with Crippen LogP contribution in [0.15, 0.2) is 146 Å². The Balaban J connectivity index is 0.00000592. The van der Waals surface area contributed by atoms with E-state index in [1.165, 1.54) is 33.4 Å². The van der Waals surface area contributed by atoms with E-state index in [9.17, 15) is 0 Å². The summed E-state index contributed by atoms with van der Waals surface area (Å²) in [5.74, 6) is 2.07. The SMILES string of the molecule is CC(C)(C)c1cc(-c2ccccc2)cc(-n2cnc(-c3[c-]c(Oc4[c-]c5c(cc4)c4ccccc4n5-c4cc(-c5ccc(C(C)(C)C)cc5C(C)(C)C)ccn4)c(C(C)(C)C)cc3)c2)c1.[Pt+2]. The fraction of sp³-hybridized carbons (Fsp3) is 0.267. The minimum atomic E-state index is -0.217. The third kappa shape index (κ3) is 9.20. The monoisotopic (exact) mass is 1050 g/mol. The molecule has 0 unspecified atom stereocenters. The Morgan fingerprint density at radius 2 is 1.24 bits per heavy atom. The number of imidazole rings is 1. The summed E-state index contributed by atoms with van der Waals surface area (Å²) in [5, 5.41) is 2.21. The molecule has 66 heavy (non-hydrogen) atoms. The number of hydrogen-bond donors (Lipinski definition) is 0. The molecule has 0 N–H and O–H groups in total. The standard InChI is InChI=1S/C60H60N4O.Pt/c1-57(2,3)43-23-25-47(51(35-43)60(10,11)12)40-28-29-61-56(33-40)64-53-21-17-16-20-48(53)49-26-24-46(36-54(49)64)65-55-32-41(22-27-50(55)59(7,8)9)52-37-63(38-62-52)45-31-42(39-18-14-13-15-19-39)30-44(34-45)58(4,5)6;/h13-31,33-35,37-38H,1-12H3;/q-2;+2. The molecule has 3 aromatic heterocycles. The van der Waals surface area contributed by atoms with E-state index in [4.69, 9.17) is 14.7 Å². The molecule has 0 radical (unpaired) electrons. The molecule has 0 fully saturated rings. The van der Waals surface area contributed by atoms with E-state index in [2.05, 4.69) is 232 Å². The van der Waals surface area contributed by atoms with Gasteiger partial charge in [0.2, 0.25) is 0 Å². The topological polar surface area (TPSA) is 44.9 Å². The fourth-order valence-electron chi connectivity index (χ4n) is 8.76. The number of nitrogens with zero attached hydrogens (tertiary/aromatic N) is 4. The Morgan fingerprint density at radius 1 is 0.530 bits per heavy atom. The maximum absolute atomic E-state index is 6.91. The zero-order valence-electron chi connectivity index (χ0n) is 40.4. The predicted octanol–water partition coefficient (Wildman–Crippen LogP) is 15.9. The second kappa shape index (κ2) is 17.3. The first kappa shape index (κ1) is 46.5. The average molecular weight is 1050 g/mol. The summed E-state index contributed by atoms with van der Waals surface area (Å²) in [6.07, 6.45) is 5.91. The van der Waals surface area contributed by atoms with E-state index in [0.29, 0.717) is 11.5 Å². The Labute approximate surface area is 406 Å². The molecule has 0 aliphatic rings. The molecule has 9 aromatic rings. The Hall–Kier alpha value is -6.03. The van der Waals surface area contributed by atoms with Crippen molar-refractivity contribution < 1.29 is 25.8 Å². The quantitative estimate of drug-likeness (QED) is 0.149. The van der Waals surface area contributed by atoms with Crippen molar-refractivity contribution in [3.05, 3.63) is 181 Å². The molecular formula is C60H60N4OPt. The Bertz CT molecular complexity index is 3220. The summed E-state index contributed by atoms with van der Waals surface area (Å²) in [4.78, 5) is 9.94. The van der Waals surface area contributed by atoms with Crippen molar-refractivity contribution in [3.8, 4) is 56.5 Å². The van der Waals surface area contributed by atoms with Gasteiger partial charge in [-0.15, -0.1) is 35.2 Å². The zero-order chi connectivity index (χ0) is 46.1. The molecular weight excluding hydrogens is 988 g/mol. The van der Waals surface area contributed by atoms with Crippen LogP contribution in [0.1, 0.15) is 105 Å². The van der Waals surface area contributed by atoms with Gasteiger partial charge in [-0.05, 0) is 103 Å². The second-order valence-electron chi connectivity index (χ2n) is 21.6. The van der Waals surface area contributed by atoms with Crippen LogP contribution in [0.4, 0.5) is 0 Å². The number of ether oxygens (including phenoxy) is 1. The number of para-hydroxylation sites is 1. The van der Waals surface area contributed by atoms with Gasteiger partial charge >= 0.3 is 21.1 Å². The van der Waals surface area contributed by atoms with Crippen molar-refractivity contribution in [2.45, 2.75) is 105 Å². The van der Waals surface area contributed by atoms with E-state index in [0.717, 1.165) is 55.7 Å². The van der Waals surface area contributed by atoms with Crippen LogP contribution in [0.25, 0.3) is 66.8 Å². The number of pyridine rings is 1. The summed E-state index contributed by atoms with van der Waals surface area (Å²) in [6, 6.07) is 53.0. The van der Waals surface area contributed by atoms with Gasteiger partial charge in [0.25, 0.3) is 0 Å². The molecule has 0 saturated carbocycles. The number of fused-ring (bicyclic) bond motifs is 3. The second-order valence-corrected chi connectivity index (χ2v) is 21.6. The summed E-state index contributed by atoms with van der Waals surface area (Å²) < 4.78 is 11.2. The molecule has 0 aliphatic carbocycles. The molecule has 0 aliphatic heterocycles. The van der Waals surface area contributed by atoms with Crippen LogP contribution in [0.3, 0.4) is 0 Å². The number of hydrogen-bond acceptors (Lipinski definition) is 3. The number of aromatic nitrogens is 4. The first-order valence-corrected chi connectivity index (χ1v) is 22.8. The maximum Gasteiger partial charge on any atom is 2.00 e. The van der Waals surface area contributed by atoms with Gasteiger partial charge in [-0.3, -0.25) is 4.98 Å². The fourth-order valence-corrected chi connectivity index (χ4v) is 8.76. The van der Waals surface area contributed by atoms with E-state index in [1.54, 1.807) is 0 Å². The van der Waals surface area contributed by atoms with Crippen LogP contribution in [0.2, 0.25) is 0 Å². The molecule has 0 atom stereocenters. The van der Waals surface area contributed by atoms with Crippen LogP contribution in [-0.2, 0) is 42.7 Å². The van der Waals surface area contributed by atoms with Crippen molar-refractivity contribution in [1.82, 2.24) is 19.1 Å². The molecule has 0 amide bonds. The van der Waals surface area contributed by atoms with Crippen molar-refractivity contribution in [2.24, 2.45) is 0 Å². The van der Waals surface area contributed by atoms with Crippen molar-refractivity contribution in [3.63, 3.8) is 0 Å². The summed E-state index contributed by atoms with van der Waals surface area (Å²) in [7, 11) is 0. The average Bonchev–Trinajstić information content (AvgIpc) is 3.89. The summed E-state index contributed by atoms with van der Waals surface area (Å²) >= 11 is 0. The van der Waals surface area contributed by atoms with E-state index < -0.39 is 0 Å². The van der Waals surface area contributed by atoms with Gasteiger partial charge < -0.3 is 13.9 Å².